The lowest BCUT2D eigenvalue weighted by atomic mass is 9.98. The highest BCUT2D eigenvalue weighted by Gasteiger charge is 2.30. The van der Waals surface area contributed by atoms with Gasteiger partial charge in [-0.2, -0.15) is 5.10 Å². The molecule has 0 radical (unpaired) electrons. The molecule has 9 nitrogen and oxygen atoms in total. The molecule has 2 aliphatic heterocycles. The molecule has 33 heavy (non-hydrogen) atoms. The lowest BCUT2D eigenvalue weighted by Crippen LogP contribution is -2.29. The Kier molecular flexibility index (Phi) is 6.59. The maximum absolute atomic E-state index is 12.1. The number of alkyl carbamates (subject to hydrolysis) is 1. The number of pyridine rings is 1. The Balaban J connectivity index is 1.39. The van der Waals surface area contributed by atoms with Crippen molar-refractivity contribution in [1.29, 1.82) is 0 Å². The van der Waals surface area contributed by atoms with E-state index in [1.54, 1.807) is 0 Å². The van der Waals surface area contributed by atoms with Gasteiger partial charge >= 0.3 is 6.09 Å². The van der Waals surface area contributed by atoms with Gasteiger partial charge in [-0.3, -0.25) is 5.10 Å². The van der Waals surface area contributed by atoms with Gasteiger partial charge in [0.25, 0.3) is 0 Å². The highest BCUT2D eigenvalue weighted by molar-refractivity contribution is 5.70. The smallest absolute Gasteiger partial charge is 0.407 e. The number of H-pyrrole nitrogens is 1. The van der Waals surface area contributed by atoms with Gasteiger partial charge in [-0.15, -0.1) is 0 Å². The molecule has 0 aromatic carbocycles. The van der Waals surface area contributed by atoms with Crippen molar-refractivity contribution in [2.24, 2.45) is 0 Å². The number of nitrogens with one attached hydrogen (secondary N) is 3. The Morgan fingerprint density at radius 2 is 2.15 bits per heavy atom. The van der Waals surface area contributed by atoms with Crippen LogP contribution >= 0.6 is 0 Å². The quantitative estimate of drug-likeness (QED) is 0.608. The van der Waals surface area contributed by atoms with Crippen molar-refractivity contribution in [2.45, 2.75) is 50.7 Å². The van der Waals surface area contributed by atoms with Gasteiger partial charge in [-0.05, 0) is 56.9 Å². The Bertz CT molecular complexity index is 1020. The number of aromatic nitrogens is 3. The van der Waals surface area contributed by atoms with Gasteiger partial charge in [0, 0.05) is 49.5 Å². The lowest BCUT2D eigenvalue weighted by Gasteiger charge is -2.23. The molecule has 3 aliphatic rings. The summed E-state index contributed by atoms with van der Waals surface area (Å²) in [6.45, 7) is 3.45. The minimum absolute atomic E-state index is 0.0597. The first-order chi connectivity index (χ1) is 16.1. The van der Waals surface area contributed by atoms with E-state index in [1.165, 1.54) is 5.57 Å². The summed E-state index contributed by atoms with van der Waals surface area (Å²) in [4.78, 5) is 19.3. The van der Waals surface area contributed by atoms with Gasteiger partial charge in [0.1, 0.15) is 11.9 Å². The largest absolute Gasteiger partial charge is 0.446 e. The first kappa shape index (κ1) is 21.9. The van der Waals surface area contributed by atoms with Gasteiger partial charge in [-0.1, -0.05) is 6.08 Å². The van der Waals surface area contributed by atoms with E-state index in [2.05, 4.69) is 44.9 Å². The summed E-state index contributed by atoms with van der Waals surface area (Å²) in [5, 5.41) is 13.8. The van der Waals surface area contributed by atoms with E-state index in [9.17, 15) is 4.79 Å². The van der Waals surface area contributed by atoms with Gasteiger partial charge in [0.05, 0.1) is 12.3 Å². The number of hydrogen-bond acceptors (Lipinski definition) is 7. The van der Waals surface area contributed by atoms with Gasteiger partial charge in [0.2, 0.25) is 0 Å². The van der Waals surface area contributed by atoms with Crippen LogP contribution in [0.2, 0.25) is 0 Å². The molecule has 1 saturated carbocycles. The number of fused-ring (bicyclic) bond motifs is 7. The highest BCUT2D eigenvalue weighted by Crippen LogP contribution is 2.36. The van der Waals surface area contributed by atoms with Crippen LogP contribution in [-0.4, -0.2) is 65.6 Å². The molecule has 0 saturated heterocycles. The van der Waals surface area contributed by atoms with Crippen LogP contribution in [0.3, 0.4) is 0 Å². The zero-order valence-electron chi connectivity index (χ0n) is 19.1. The number of likely N-dealkylation sites (N-methyl/N-ethyl adjacent to an activating group) is 1. The van der Waals surface area contributed by atoms with Crippen LogP contribution in [-0.2, 0) is 16.1 Å². The van der Waals surface area contributed by atoms with Crippen molar-refractivity contribution in [3.8, 4) is 0 Å². The molecule has 176 valence electrons. The Labute approximate surface area is 193 Å². The first-order valence-corrected chi connectivity index (χ1v) is 11.9. The summed E-state index contributed by atoms with van der Waals surface area (Å²) >= 11 is 0. The predicted molar refractivity (Wildman–Crippen MR) is 125 cm³/mol. The molecule has 1 amide bonds. The van der Waals surface area contributed by atoms with Gasteiger partial charge in [-0.25, -0.2) is 9.78 Å². The molecule has 1 aliphatic carbocycles. The van der Waals surface area contributed by atoms with Crippen LogP contribution in [0.1, 0.15) is 55.0 Å². The van der Waals surface area contributed by atoms with Crippen molar-refractivity contribution >= 4 is 23.3 Å². The van der Waals surface area contributed by atoms with Crippen LogP contribution < -0.4 is 10.6 Å². The molecule has 2 atom stereocenters. The first-order valence-electron chi connectivity index (χ1n) is 11.9. The van der Waals surface area contributed by atoms with Crippen LogP contribution in [0.4, 0.5) is 16.4 Å². The molecule has 6 bridgehead atoms. The number of carbonyl (C=O) groups is 1. The third-order valence-electron chi connectivity index (χ3n) is 6.66. The van der Waals surface area contributed by atoms with E-state index in [-0.39, 0.29) is 12.2 Å². The number of rotatable bonds is 1. The number of carbonyl (C=O) groups excluding carboxylic acids is 1. The molecule has 1 fully saturated rings. The van der Waals surface area contributed by atoms with E-state index in [1.807, 2.05) is 12.1 Å². The monoisotopic (exact) mass is 452 g/mol. The summed E-state index contributed by atoms with van der Waals surface area (Å²) in [6, 6.07) is 6.18. The Morgan fingerprint density at radius 1 is 1.21 bits per heavy atom. The Morgan fingerprint density at radius 3 is 3.03 bits per heavy atom. The topological polar surface area (TPSA) is 104 Å². The van der Waals surface area contributed by atoms with Crippen molar-refractivity contribution in [3.63, 3.8) is 0 Å². The molecule has 0 spiro atoms. The molecule has 9 heteroatoms. The van der Waals surface area contributed by atoms with Crippen LogP contribution in [0, 0.1) is 0 Å². The molecule has 0 unspecified atom stereocenters. The van der Waals surface area contributed by atoms with E-state index in [4.69, 9.17) is 14.5 Å². The van der Waals surface area contributed by atoms with Crippen molar-refractivity contribution < 1.29 is 14.3 Å². The summed E-state index contributed by atoms with van der Waals surface area (Å²) in [6.07, 6.45) is 6.22. The van der Waals surface area contributed by atoms with E-state index in [0.29, 0.717) is 25.7 Å². The number of ether oxygens (including phenoxy) is 2. The van der Waals surface area contributed by atoms with Crippen molar-refractivity contribution in [3.05, 3.63) is 41.2 Å². The zero-order valence-corrected chi connectivity index (χ0v) is 19.1. The van der Waals surface area contributed by atoms with E-state index < -0.39 is 0 Å². The standard InChI is InChI=1S/C24H32N6O3/c1-30-10-7-16(8-11-30)19-5-6-22-26-21(19)15-32-12-2-9-25-24(31)33-18-4-3-17(13-18)20-14-23(27-22)29-28-20/h5-7,14,17-18H,2-4,8-13,15H2,1H3,(H,25,31)(H2,26,27,28,29)/t17-,18+/m0/s1. The summed E-state index contributed by atoms with van der Waals surface area (Å²) in [5.74, 6) is 1.80. The fourth-order valence-electron chi connectivity index (χ4n) is 4.79. The third-order valence-corrected chi connectivity index (χ3v) is 6.66. The third kappa shape index (κ3) is 5.36. The maximum atomic E-state index is 12.1. The second kappa shape index (κ2) is 9.93. The Hall–Kier alpha value is -2.91. The molecule has 2 aromatic rings. The van der Waals surface area contributed by atoms with Crippen LogP contribution in [0.25, 0.3) is 5.57 Å². The summed E-state index contributed by atoms with van der Waals surface area (Å²) in [7, 11) is 2.13. The highest BCUT2D eigenvalue weighted by atomic mass is 16.6. The average Bonchev–Trinajstić information content (AvgIpc) is 3.46. The maximum Gasteiger partial charge on any atom is 0.407 e. The number of hydrogen-bond donors (Lipinski definition) is 3. The predicted octanol–water partition coefficient (Wildman–Crippen LogP) is 3.55. The molecular formula is C24H32N6O3. The minimum Gasteiger partial charge on any atom is -0.446 e. The lowest BCUT2D eigenvalue weighted by molar-refractivity contribution is 0.0956. The fourth-order valence-corrected chi connectivity index (χ4v) is 4.79. The molecule has 2 aromatic heterocycles. The molecule has 3 N–H and O–H groups in total. The second-order valence-corrected chi connectivity index (χ2v) is 9.14. The average molecular weight is 453 g/mol. The normalized spacial score (nSPS) is 24.6. The number of anilines is 2. The summed E-state index contributed by atoms with van der Waals surface area (Å²) in [5.41, 5.74) is 4.43. The van der Waals surface area contributed by atoms with Crippen LogP contribution in [0.15, 0.2) is 24.3 Å². The second-order valence-electron chi connectivity index (χ2n) is 9.14. The molecule has 4 heterocycles. The SMILES string of the molecule is CN1CC=C(c2ccc3nc2COCCCNC(=O)O[C@@H]2CC[C@@H](C2)c2cc(n[nH]2)N3)CC1. The number of nitrogens with zero attached hydrogens (tertiary/aromatic N) is 3. The van der Waals surface area contributed by atoms with Crippen molar-refractivity contribution in [2.75, 3.05) is 38.6 Å². The minimum atomic E-state index is -0.348. The van der Waals surface area contributed by atoms with Crippen molar-refractivity contribution in [1.82, 2.24) is 25.4 Å². The van der Waals surface area contributed by atoms with E-state index >= 15 is 0 Å². The zero-order chi connectivity index (χ0) is 22.6. The molecular weight excluding hydrogens is 420 g/mol. The number of amides is 1. The number of aromatic amines is 1. The van der Waals surface area contributed by atoms with Gasteiger partial charge < -0.3 is 25.0 Å². The molecule has 5 rings (SSSR count). The van der Waals surface area contributed by atoms with Gasteiger partial charge in [0.15, 0.2) is 5.82 Å². The summed E-state index contributed by atoms with van der Waals surface area (Å²) < 4.78 is 11.5. The van der Waals surface area contributed by atoms with E-state index in [0.717, 1.165) is 73.8 Å². The van der Waals surface area contributed by atoms with Crippen LogP contribution in [0.5, 0.6) is 0 Å². The fraction of sp³-hybridized carbons (Fsp3) is 0.542.